The van der Waals surface area contributed by atoms with Crippen LogP contribution in [-0.2, 0) is 16.1 Å². The van der Waals surface area contributed by atoms with Gasteiger partial charge in [0.15, 0.2) is 22.7 Å². The third kappa shape index (κ3) is 5.70. The largest absolute Gasteiger partial charge is 0.493 e. The molecule has 0 saturated heterocycles. The van der Waals surface area contributed by atoms with Gasteiger partial charge in [-0.2, -0.15) is 0 Å². The quantitative estimate of drug-likeness (QED) is 0.260. The van der Waals surface area contributed by atoms with E-state index in [0.29, 0.717) is 23.2 Å². The van der Waals surface area contributed by atoms with Gasteiger partial charge < -0.3 is 14.2 Å². The van der Waals surface area contributed by atoms with Crippen LogP contribution in [0.4, 0.5) is 5.13 Å². The lowest BCUT2D eigenvalue weighted by atomic mass is 10.1. The highest BCUT2D eigenvalue weighted by molar-refractivity contribution is 7.99. The number of nitrogens with one attached hydrogen (secondary N) is 1. The molecule has 0 aliphatic carbocycles. The summed E-state index contributed by atoms with van der Waals surface area (Å²) in [6.07, 6.45) is -0.781. The van der Waals surface area contributed by atoms with Crippen molar-refractivity contribution in [2.24, 2.45) is 0 Å². The normalized spacial score (nSPS) is 11.9. The minimum Gasteiger partial charge on any atom is -0.493 e. The van der Waals surface area contributed by atoms with E-state index < -0.39 is 6.10 Å². The number of thioether (sulfide) groups is 1. The molecule has 176 valence electrons. The summed E-state index contributed by atoms with van der Waals surface area (Å²) in [7, 11) is 3.17. The zero-order chi connectivity index (χ0) is 23.9. The van der Waals surface area contributed by atoms with Gasteiger partial charge in [0, 0.05) is 17.0 Å². The zero-order valence-corrected chi connectivity index (χ0v) is 20.9. The second-order valence-corrected chi connectivity index (χ2v) is 9.73. The number of aromatic nitrogens is 1. The molecule has 6 nitrogen and oxygen atoms in total. The van der Waals surface area contributed by atoms with Crippen LogP contribution in [-0.4, -0.2) is 30.9 Å². The fourth-order valence-corrected chi connectivity index (χ4v) is 5.00. The van der Waals surface area contributed by atoms with Crippen molar-refractivity contribution in [3.8, 4) is 11.5 Å². The van der Waals surface area contributed by atoms with Crippen LogP contribution < -0.4 is 14.8 Å². The number of anilines is 1. The molecule has 4 aromatic rings. The van der Waals surface area contributed by atoms with Gasteiger partial charge in [0.2, 0.25) is 0 Å². The van der Waals surface area contributed by atoms with Gasteiger partial charge in [-0.05, 0) is 29.0 Å². The molecule has 0 radical (unpaired) electrons. The summed E-state index contributed by atoms with van der Waals surface area (Å²) in [5.41, 5.74) is 2.51. The van der Waals surface area contributed by atoms with E-state index in [2.05, 4.69) is 17.2 Å². The lowest BCUT2D eigenvalue weighted by Gasteiger charge is -2.18. The first-order valence-corrected chi connectivity index (χ1v) is 12.6. The average molecular weight is 495 g/mol. The van der Waals surface area contributed by atoms with Crippen molar-refractivity contribution < 1.29 is 19.0 Å². The Morgan fingerprint density at radius 1 is 1.03 bits per heavy atom. The Morgan fingerprint density at radius 2 is 1.74 bits per heavy atom. The molecule has 1 N–H and O–H groups in total. The van der Waals surface area contributed by atoms with Gasteiger partial charge in [0.25, 0.3) is 5.91 Å². The van der Waals surface area contributed by atoms with Crippen LogP contribution in [0.3, 0.4) is 0 Å². The van der Waals surface area contributed by atoms with E-state index in [-0.39, 0.29) is 5.91 Å². The van der Waals surface area contributed by atoms with Crippen molar-refractivity contribution in [3.63, 3.8) is 0 Å². The number of carbonyl (C=O) groups is 1. The minimum atomic E-state index is -0.781. The van der Waals surface area contributed by atoms with E-state index in [9.17, 15) is 4.79 Å². The number of fused-ring (bicyclic) bond motifs is 1. The van der Waals surface area contributed by atoms with Gasteiger partial charge in [-0.15, -0.1) is 11.8 Å². The smallest absolute Gasteiger partial charge is 0.259 e. The Balaban J connectivity index is 1.57. The second-order valence-electron chi connectivity index (χ2n) is 7.36. The van der Waals surface area contributed by atoms with Crippen molar-refractivity contribution in [1.82, 2.24) is 4.98 Å². The van der Waals surface area contributed by atoms with Crippen molar-refractivity contribution in [2.45, 2.75) is 24.5 Å². The van der Waals surface area contributed by atoms with E-state index in [1.807, 2.05) is 60.7 Å². The fraction of sp³-hybridized carbons (Fsp3) is 0.231. The molecule has 0 saturated carbocycles. The number of hydrogen-bond donors (Lipinski definition) is 1. The molecule has 0 spiro atoms. The lowest BCUT2D eigenvalue weighted by molar-refractivity contribution is -0.128. The average Bonchev–Trinajstić information content (AvgIpc) is 3.26. The van der Waals surface area contributed by atoms with Crippen molar-refractivity contribution >= 4 is 44.4 Å². The SMILES string of the molecule is CCSc1ccc(C(OCc2ccccc2)C(=O)Nc2nc3cc(OC)c(OC)cc3s2)cc1. The second kappa shape index (κ2) is 11.4. The summed E-state index contributed by atoms with van der Waals surface area (Å²) in [4.78, 5) is 19.1. The van der Waals surface area contributed by atoms with Gasteiger partial charge >= 0.3 is 0 Å². The van der Waals surface area contributed by atoms with E-state index >= 15 is 0 Å². The monoisotopic (exact) mass is 494 g/mol. The lowest BCUT2D eigenvalue weighted by Crippen LogP contribution is -2.23. The Labute approximate surface area is 207 Å². The minimum absolute atomic E-state index is 0.273. The fourth-order valence-electron chi connectivity index (χ4n) is 3.46. The number of benzene rings is 3. The van der Waals surface area contributed by atoms with E-state index in [0.717, 1.165) is 32.0 Å². The van der Waals surface area contributed by atoms with Gasteiger partial charge in [-0.1, -0.05) is 60.7 Å². The third-order valence-electron chi connectivity index (χ3n) is 5.12. The number of thiazole rings is 1. The predicted molar refractivity (Wildman–Crippen MR) is 138 cm³/mol. The summed E-state index contributed by atoms with van der Waals surface area (Å²) in [6, 6.07) is 21.4. The van der Waals surface area contributed by atoms with Crippen LogP contribution in [0.5, 0.6) is 11.5 Å². The van der Waals surface area contributed by atoms with Crippen LogP contribution in [0, 0.1) is 0 Å². The standard InChI is InChI=1S/C26H26N2O4S2/c1-4-33-19-12-10-18(11-13-19)24(32-16-17-8-6-5-7-9-17)25(29)28-26-27-20-14-21(30-2)22(31-3)15-23(20)34-26/h5-15,24H,4,16H2,1-3H3,(H,27,28,29). The van der Waals surface area contributed by atoms with Crippen LogP contribution in [0.25, 0.3) is 10.2 Å². The Kier molecular flexibility index (Phi) is 8.05. The molecule has 0 aliphatic rings. The molecule has 0 bridgehead atoms. The molecule has 34 heavy (non-hydrogen) atoms. The number of nitrogens with zero attached hydrogens (tertiary/aromatic N) is 1. The van der Waals surface area contributed by atoms with Crippen LogP contribution >= 0.6 is 23.1 Å². The maximum Gasteiger partial charge on any atom is 0.259 e. The van der Waals surface area contributed by atoms with E-state index in [1.165, 1.54) is 11.3 Å². The summed E-state index contributed by atoms with van der Waals surface area (Å²) < 4.78 is 17.7. The Hall–Kier alpha value is -3.07. The molecule has 1 aromatic heterocycles. The van der Waals surface area contributed by atoms with Gasteiger partial charge in [0.1, 0.15) is 0 Å². The summed E-state index contributed by atoms with van der Waals surface area (Å²) in [5, 5.41) is 3.43. The highest BCUT2D eigenvalue weighted by Gasteiger charge is 2.23. The molecule has 3 aromatic carbocycles. The molecule has 4 rings (SSSR count). The number of carbonyl (C=O) groups excluding carboxylic acids is 1. The molecule has 0 fully saturated rings. The number of amides is 1. The number of methoxy groups -OCH3 is 2. The maximum atomic E-state index is 13.3. The summed E-state index contributed by atoms with van der Waals surface area (Å²) >= 11 is 3.13. The van der Waals surface area contributed by atoms with Gasteiger partial charge in [0.05, 0.1) is 31.0 Å². The number of ether oxygens (including phenoxy) is 3. The van der Waals surface area contributed by atoms with Crippen LogP contribution in [0.15, 0.2) is 71.6 Å². The van der Waals surface area contributed by atoms with Gasteiger partial charge in [-0.3, -0.25) is 10.1 Å². The third-order valence-corrected chi connectivity index (χ3v) is 6.94. The predicted octanol–water partition coefficient (Wildman–Crippen LogP) is 6.32. The first-order chi connectivity index (χ1) is 16.6. The molecule has 1 unspecified atom stereocenters. The van der Waals surface area contributed by atoms with Crippen molar-refractivity contribution in [2.75, 3.05) is 25.3 Å². The highest BCUT2D eigenvalue weighted by atomic mass is 32.2. The van der Waals surface area contributed by atoms with Crippen molar-refractivity contribution in [1.29, 1.82) is 0 Å². The highest BCUT2D eigenvalue weighted by Crippen LogP contribution is 2.36. The van der Waals surface area contributed by atoms with Gasteiger partial charge in [-0.25, -0.2) is 4.98 Å². The maximum absolute atomic E-state index is 13.3. The molecule has 8 heteroatoms. The number of hydrogen-bond acceptors (Lipinski definition) is 7. The van der Waals surface area contributed by atoms with Crippen LogP contribution in [0.1, 0.15) is 24.2 Å². The van der Waals surface area contributed by atoms with E-state index in [1.54, 1.807) is 32.0 Å². The topological polar surface area (TPSA) is 69.7 Å². The summed E-state index contributed by atoms with van der Waals surface area (Å²) in [5.74, 6) is 1.92. The zero-order valence-electron chi connectivity index (χ0n) is 19.2. The molecule has 1 atom stereocenters. The first-order valence-electron chi connectivity index (χ1n) is 10.8. The summed E-state index contributed by atoms with van der Waals surface area (Å²) in [6.45, 7) is 2.43. The number of rotatable bonds is 10. The Bertz CT molecular complexity index is 1200. The molecule has 0 aliphatic heterocycles. The molecular weight excluding hydrogens is 468 g/mol. The van der Waals surface area contributed by atoms with E-state index in [4.69, 9.17) is 14.2 Å². The molecule has 1 heterocycles. The Morgan fingerprint density at radius 3 is 2.41 bits per heavy atom. The van der Waals surface area contributed by atoms with Crippen molar-refractivity contribution in [3.05, 3.63) is 77.9 Å². The first kappa shape index (κ1) is 24.1. The molecule has 1 amide bonds. The molecular formula is C26H26N2O4S2. The van der Waals surface area contributed by atoms with Crippen LogP contribution in [0.2, 0.25) is 0 Å².